The summed E-state index contributed by atoms with van der Waals surface area (Å²) >= 11 is 0. The summed E-state index contributed by atoms with van der Waals surface area (Å²) in [5, 5.41) is 0. The van der Waals surface area contributed by atoms with Crippen LogP contribution in [0.25, 0.3) is 0 Å². The largest absolute Gasteiger partial charge is 0.0851 e. The zero-order valence-corrected chi connectivity index (χ0v) is 7.51. The zero-order valence-electron chi connectivity index (χ0n) is 7.51. The van der Waals surface area contributed by atoms with Gasteiger partial charge in [-0.3, -0.25) is 0 Å². The zero-order chi connectivity index (χ0) is 7.84. The van der Waals surface area contributed by atoms with Crippen molar-refractivity contribution < 1.29 is 0 Å². The molecule has 1 saturated carbocycles. The second-order valence-electron chi connectivity index (χ2n) is 4.45. The lowest BCUT2D eigenvalue weighted by atomic mass is 9.86. The summed E-state index contributed by atoms with van der Waals surface area (Å²) in [6.07, 6.45) is 9.16. The van der Waals surface area contributed by atoms with Crippen LogP contribution in [0.3, 0.4) is 0 Å². The molecule has 2 bridgehead atoms. The molecule has 11 heavy (non-hydrogen) atoms. The van der Waals surface area contributed by atoms with Gasteiger partial charge in [-0.15, -0.1) is 0 Å². The Kier molecular flexibility index (Phi) is 1.78. The van der Waals surface area contributed by atoms with Gasteiger partial charge in [-0.25, -0.2) is 0 Å². The van der Waals surface area contributed by atoms with Gasteiger partial charge in [0, 0.05) is 0 Å². The van der Waals surface area contributed by atoms with Crippen molar-refractivity contribution in [3.8, 4) is 0 Å². The SMILES string of the molecule is C[C](C)CC1CC2C=CC1C2. The van der Waals surface area contributed by atoms with Crippen LogP contribution in [0.1, 0.15) is 33.1 Å². The highest BCUT2D eigenvalue weighted by Crippen LogP contribution is 2.46. The predicted octanol–water partition coefficient (Wildman–Crippen LogP) is 3.20. The molecule has 3 unspecified atom stereocenters. The van der Waals surface area contributed by atoms with Crippen molar-refractivity contribution in [2.75, 3.05) is 0 Å². The molecule has 61 valence electrons. The Bertz CT molecular complexity index is 167. The first-order valence-electron chi connectivity index (χ1n) is 4.73. The van der Waals surface area contributed by atoms with E-state index in [0.717, 1.165) is 17.8 Å². The van der Waals surface area contributed by atoms with E-state index >= 15 is 0 Å². The summed E-state index contributed by atoms with van der Waals surface area (Å²) in [6, 6.07) is 0. The van der Waals surface area contributed by atoms with Crippen molar-refractivity contribution in [2.24, 2.45) is 17.8 Å². The minimum Gasteiger partial charge on any atom is -0.0851 e. The Morgan fingerprint density at radius 2 is 2.09 bits per heavy atom. The molecule has 2 aliphatic rings. The van der Waals surface area contributed by atoms with Gasteiger partial charge in [0.1, 0.15) is 0 Å². The minimum absolute atomic E-state index is 0.940. The van der Waals surface area contributed by atoms with Gasteiger partial charge in [-0.2, -0.15) is 0 Å². The number of hydrogen-bond donors (Lipinski definition) is 0. The highest BCUT2D eigenvalue weighted by Gasteiger charge is 2.35. The summed E-state index contributed by atoms with van der Waals surface area (Å²) in [7, 11) is 0. The Labute approximate surface area is 69.7 Å². The molecule has 0 amide bonds. The maximum atomic E-state index is 2.45. The summed E-state index contributed by atoms with van der Waals surface area (Å²) in [5.41, 5.74) is 0. The number of fused-ring (bicyclic) bond motifs is 2. The maximum Gasteiger partial charge on any atom is -0.0199 e. The van der Waals surface area contributed by atoms with Crippen LogP contribution >= 0.6 is 0 Å². The van der Waals surface area contributed by atoms with Gasteiger partial charge in [0.15, 0.2) is 0 Å². The van der Waals surface area contributed by atoms with Crippen molar-refractivity contribution in [3.05, 3.63) is 18.1 Å². The van der Waals surface area contributed by atoms with Crippen molar-refractivity contribution in [3.63, 3.8) is 0 Å². The fourth-order valence-corrected chi connectivity index (χ4v) is 2.65. The Morgan fingerprint density at radius 1 is 1.27 bits per heavy atom. The monoisotopic (exact) mass is 149 g/mol. The molecule has 2 rings (SSSR count). The van der Waals surface area contributed by atoms with Gasteiger partial charge in [-0.1, -0.05) is 26.0 Å². The van der Waals surface area contributed by atoms with Crippen molar-refractivity contribution in [1.82, 2.24) is 0 Å². The third kappa shape index (κ3) is 1.36. The number of rotatable bonds is 2. The number of hydrogen-bond acceptors (Lipinski definition) is 0. The van der Waals surface area contributed by atoms with E-state index in [1.807, 2.05) is 0 Å². The van der Waals surface area contributed by atoms with Crippen molar-refractivity contribution in [2.45, 2.75) is 33.1 Å². The molecule has 0 heteroatoms. The molecular formula is C11H17. The molecule has 0 aliphatic heterocycles. The fourth-order valence-electron chi connectivity index (χ4n) is 2.65. The van der Waals surface area contributed by atoms with E-state index in [1.54, 1.807) is 5.92 Å². The van der Waals surface area contributed by atoms with Crippen LogP contribution in [-0.4, -0.2) is 0 Å². The third-order valence-electron chi connectivity index (χ3n) is 3.09. The smallest absolute Gasteiger partial charge is 0.0199 e. The average molecular weight is 149 g/mol. The molecule has 0 heterocycles. The second-order valence-corrected chi connectivity index (χ2v) is 4.45. The first kappa shape index (κ1) is 7.39. The van der Waals surface area contributed by atoms with Crippen LogP contribution < -0.4 is 0 Å². The van der Waals surface area contributed by atoms with Crippen molar-refractivity contribution >= 4 is 0 Å². The van der Waals surface area contributed by atoms with E-state index < -0.39 is 0 Å². The van der Waals surface area contributed by atoms with Gasteiger partial charge >= 0.3 is 0 Å². The Hall–Kier alpha value is -0.260. The molecule has 2 aliphatic carbocycles. The molecule has 1 radical (unpaired) electrons. The van der Waals surface area contributed by atoms with E-state index in [2.05, 4.69) is 26.0 Å². The van der Waals surface area contributed by atoms with Gasteiger partial charge in [-0.05, 0) is 42.9 Å². The molecule has 0 aromatic carbocycles. The summed E-state index contributed by atoms with van der Waals surface area (Å²) in [5.74, 6) is 4.49. The predicted molar refractivity (Wildman–Crippen MR) is 48.1 cm³/mol. The average Bonchev–Trinajstić information content (AvgIpc) is 2.45. The fraction of sp³-hybridized carbons (Fsp3) is 0.727. The van der Waals surface area contributed by atoms with Crippen LogP contribution in [0.5, 0.6) is 0 Å². The van der Waals surface area contributed by atoms with Crippen molar-refractivity contribution in [1.29, 1.82) is 0 Å². The van der Waals surface area contributed by atoms with E-state index in [0.29, 0.717) is 0 Å². The highest BCUT2D eigenvalue weighted by atomic mass is 14.4. The molecule has 0 aromatic heterocycles. The maximum absolute atomic E-state index is 2.45. The van der Waals surface area contributed by atoms with Crippen LogP contribution in [0.4, 0.5) is 0 Å². The lowest BCUT2D eigenvalue weighted by Crippen LogP contribution is -2.08. The summed E-state index contributed by atoms with van der Waals surface area (Å²) in [6.45, 7) is 4.52. The lowest BCUT2D eigenvalue weighted by molar-refractivity contribution is 0.425. The van der Waals surface area contributed by atoms with E-state index in [4.69, 9.17) is 0 Å². The molecule has 1 fully saturated rings. The van der Waals surface area contributed by atoms with Gasteiger partial charge < -0.3 is 0 Å². The van der Waals surface area contributed by atoms with Crippen LogP contribution in [0.2, 0.25) is 0 Å². The Morgan fingerprint density at radius 3 is 2.55 bits per heavy atom. The normalized spacial score (nSPS) is 40.8. The molecule has 0 aromatic rings. The summed E-state index contributed by atoms with van der Waals surface area (Å²) in [4.78, 5) is 0. The van der Waals surface area contributed by atoms with Gasteiger partial charge in [0.25, 0.3) is 0 Å². The van der Waals surface area contributed by atoms with E-state index in [9.17, 15) is 0 Å². The van der Waals surface area contributed by atoms with Crippen LogP contribution in [0, 0.1) is 23.7 Å². The minimum atomic E-state index is 0.940. The molecular weight excluding hydrogens is 132 g/mol. The topological polar surface area (TPSA) is 0 Å². The third-order valence-corrected chi connectivity index (χ3v) is 3.09. The Balaban J connectivity index is 1.93. The van der Waals surface area contributed by atoms with Crippen LogP contribution in [0.15, 0.2) is 12.2 Å². The number of allylic oxidation sites excluding steroid dienone is 2. The second kappa shape index (κ2) is 2.66. The molecule has 3 atom stereocenters. The standard InChI is InChI=1S/C11H17/c1-8(2)5-11-7-9-3-4-10(11)6-9/h3-4,9-11H,5-7H2,1-2H3. The van der Waals surface area contributed by atoms with Crippen LogP contribution in [-0.2, 0) is 0 Å². The quantitative estimate of drug-likeness (QED) is 0.529. The van der Waals surface area contributed by atoms with E-state index in [-0.39, 0.29) is 0 Å². The van der Waals surface area contributed by atoms with Gasteiger partial charge in [0.2, 0.25) is 0 Å². The first-order valence-corrected chi connectivity index (χ1v) is 4.73. The highest BCUT2D eigenvalue weighted by molar-refractivity contribution is 5.11. The molecule has 0 saturated heterocycles. The lowest BCUT2D eigenvalue weighted by Gasteiger charge is -2.19. The summed E-state index contributed by atoms with van der Waals surface area (Å²) < 4.78 is 0. The molecule has 0 spiro atoms. The van der Waals surface area contributed by atoms with Gasteiger partial charge in [0.05, 0.1) is 0 Å². The molecule has 0 nitrogen and oxygen atoms in total. The first-order chi connectivity index (χ1) is 5.25. The van der Waals surface area contributed by atoms with E-state index in [1.165, 1.54) is 19.3 Å². The molecule has 0 N–H and O–H groups in total.